The minimum atomic E-state index is -0.293. The highest BCUT2D eigenvalue weighted by Crippen LogP contribution is 2.39. The number of hydrogen-bond acceptors (Lipinski definition) is 6. The molecule has 0 spiro atoms. The fraction of sp³-hybridized carbons (Fsp3) is 0.458. The van der Waals surface area contributed by atoms with Crippen molar-refractivity contribution < 1.29 is 28.5 Å². The van der Waals surface area contributed by atoms with Gasteiger partial charge in [0.05, 0.1) is 28.4 Å². The molecule has 164 valence electrons. The SMILES string of the molecule is COc1ccc(CCc2cc(OC)c(OC(=O)CCC(C)C)c(OC)c2)cc1OC. The van der Waals surface area contributed by atoms with Crippen LogP contribution in [-0.4, -0.2) is 34.4 Å². The molecule has 0 aliphatic rings. The summed E-state index contributed by atoms with van der Waals surface area (Å²) in [6.45, 7) is 4.14. The Hall–Kier alpha value is -2.89. The van der Waals surface area contributed by atoms with E-state index in [1.54, 1.807) is 28.4 Å². The lowest BCUT2D eigenvalue weighted by atomic mass is 10.0. The van der Waals surface area contributed by atoms with E-state index in [4.69, 9.17) is 23.7 Å². The Bertz CT molecular complexity index is 819. The zero-order valence-electron chi connectivity index (χ0n) is 18.7. The van der Waals surface area contributed by atoms with Gasteiger partial charge in [-0.25, -0.2) is 0 Å². The molecule has 0 unspecified atom stereocenters. The number of benzene rings is 2. The lowest BCUT2D eigenvalue weighted by Gasteiger charge is -2.16. The molecule has 0 atom stereocenters. The van der Waals surface area contributed by atoms with Gasteiger partial charge in [-0.05, 0) is 60.6 Å². The summed E-state index contributed by atoms with van der Waals surface area (Å²) in [5.74, 6) is 2.83. The highest BCUT2D eigenvalue weighted by Gasteiger charge is 2.18. The summed E-state index contributed by atoms with van der Waals surface area (Å²) in [5.41, 5.74) is 2.13. The smallest absolute Gasteiger partial charge is 0.311 e. The molecule has 30 heavy (non-hydrogen) atoms. The Labute approximate surface area is 179 Å². The standard InChI is InChI=1S/C24H32O6/c1-16(2)7-12-23(25)30-24-21(28-5)14-18(15-22(24)29-6)9-8-17-10-11-19(26-3)20(13-17)27-4/h10-11,13-16H,7-9,12H2,1-6H3. The number of carbonyl (C=O) groups excluding carboxylic acids is 1. The van der Waals surface area contributed by atoms with Gasteiger partial charge in [0.2, 0.25) is 5.75 Å². The van der Waals surface area contributed by atoms with Gasteiger partial charge in [0.15, 0.2) is 23.0 Å². The van der Waals surface area contributed by atoms with E-state index >= 15 is 0 Å². The fourth-order valence-electron chi connectivity index (χ4n) is 3.08. The molecule has 2 rings (SSSR count). The van der Waals surface area contributed by atoms with Gasteiger partial charge < -0.3 is 23.7 Å². The molecular formula is C24H32O6. The Balaban J connectivity index is 2.17. The highest BCUT2D eigenvalue weighted by atomic mass is 16.6. The van der Waals surface area contributed by atoms with Gasteiger partial charge in [-0.2, -0.15) is 0 Å². The summed E-state index contributed by atoms with van der Waals surface area (Å²) in [7, 11) is 6.35. The van der Waals surface area contributed by atoms with E-state index < -0.39 is 0 Å². The molecule has 0 bridgehead atoms. The maximum Gasteiger partial charge on any atom is 0.311 e. The molecule has 0 aliphatic carbocycles. The number of hydrogen-bond donors (Lipinski definition) is 0. The second kappa shape index (κ2) is 11.3. The normalized spacial score (nSPS) is 10.6. The van der Waals surface area contributed by atoms with E-state index in [0.717, 1.165) is 30.4 Å². The monoisotopic (exact) mass is 416 g/mol. The number of methoxy groups -OCH3 is 4. The van der Waals surface area contributed by atoms with Crippen LogP contribution >= 0.6 is 0 Å². The molecule has 6 nitrogen and oxygen atoms in total. The zero-order valence-corrected chi connectivity index (χ0v) is 18.7. The van der Waals surface area contributed by atoms with Crippen LogP contribution < -0.4 is 23.7 Å². The second-order valence-electron chi connectivity index (χ2n) is 7.43. The van der Waals surface area contributed by atoms with Gasteiger partial charge in [-0.3, -0.25) is 4.79 Å². The maximum atomic E-state index is 12.2. The van der Waals surface area contributed by atoms with Crippen molar-refractivity contribution >= 4 is 5.97 Å². The van der Waals surface area contributed by atoms with Gasteiger partial charge >= 0.3 is 5.97 Å². The van der Waals surface area contributed by atoms with Crippen LogP contribution in [0.4, 0.5) is 0 Å². The third kappa shape index (κ3) is 6.31. The van der Waals surface area contributed by atoms with Crippen molar-refractivity contribution in [2.75, 3.05) is 28.4 Å². The second-order valence-corrected chi connectivity index (χ2v) is 7.43. The predicted molar refractivity (Wildman–Crippen MR) is 116 cm³/mol. The first-order chi connectivity index (χ1) is 14.4. The third-order valence-corrected chi connectivity index (χ3v) is 4.81. The van der Waals surface area contributed by atoms with Crippen LogP contribution in [0.1, 0.15) is 37.8 Å². The summed E-state index contributed by atoms with van der Waals surface area (Å²) in [6, 6.07) is 9.65. The summed E-state index contributed by atoms with van der Waals surface area (Å²) in [6.07, 6.45) is 2.67. The van der Waals surface area contributed by atoms with E-state index in [9.17, 15) is 4.79 Å². The molecule has 0 N–H and O–H groups in total. The molecule has 2 aromatic carbocycles. The third-order valence-electron chi connectivity index (χ3n) is 4.81. The quantitative estimate of drug-likeness (QED) is 0.386. The molecule has 0 aromatic heterocycles. The number of esters is 1. The average molecular weight is 417 g/mol. The largest absolute Gasteiger partial charge is 0.493 e. The molecule has 2 aromatic rings. The average Bonchev–Trinajstić information content (AvgIpc) is 2.76. The van der Waals surface area contributed by atoms with Gasteiger partial charge in [0.1, 0.15) is 0 Å². The molecule has 0 radical (unpaired) electrons. The van der Waals surface area contributed by atoms with Crippen LogP contribution in [-0.2, 0) is 17.6 Å². The number of ether oxygens (including phenoxy) is 5. The van der Waals surface area contributed by atoms with Gasteiger partial charge in [-0.1, -0.05) is 19.9 Å². The van der Waals surface area contributed by atoms with Crippen molar-refractivity contribution in [3.8, 4) is 28.7 Å². The first-order valence-electron chi connectivity index (χ1n) is 10.1. The molecule has 0 saturated heterocycles. The molecule has 0 aliphatic heterocycles. The summed E-state index contributed by atoms with van der Waals surface area (Å²) >= 11 is 0. The van der Waals surface area contributed by atoms with Gasteiger partial charge in [-0.15, -0.1) is 0 Å². The molecular weight excluding hydrogens is 384 g/mol. The lowest BCUT2D eigenvalue weighted by Crippen LogP contribution is -2.11. The Kier molecular flexibility index (Phi) is 8.84. The number of carbonyl (C=O) groups is 1. The van der Waals surface area contributed by atoms with Crippen molar-refractivity contribution in [2.24, 2.45) is 5.92 Å². The predicted octanol–water partition coefficient (Wildman–Crippen LogP) is 4.85. The van der Waals surface area contributed by atoms with E-state index in [1.165, 1.54) is 0 Å². The molecule has 0 fully saturated rings. The minimum Gasteiger partial charge on any atom is -0.493 e. The highest BCUT2D eigenvalue weighted by molar-refractivity contribution is 5.74. The Morgan fingerprint density at radius 3 is 1.83 bits per heavy atom. The van der Waals surface area contributed by atoms with E-state index in [2.05, 4.69) is 13.8 Å². The molecule has 0 heterocycles. The Morgan fingerprint density at radius 2 is 1.30 bits per heavy atom. The summed E-state index contributed by atoms with van der Waals surface area (Å²) < 4.78 is 27.2. The zero-order chi connectivity index (χ0) is 22.1. The van der Waals surface area contributed by atoms with Crippen molar-refractivity contribution in [3.63, 3.8) is 0 Å². The minimum absolute atomic E-state index is 0.293. The van der Waals surface area contributed by atoms with Crippen LogP contribution in [0.5, 0.6) is 28.7 Å². The molecule has 0 amide bonds. The molecule has 6 heteroatoms. The number of rotatable bonds is 11. The molecule has 0 saturated carbocycles. The van der Waals surface area contributed by atoms with Gasteiger partial charge in [0.25, 0.3) is 0 Å². The fourth-order valence-corrected chi connectivity index (χ4v) is 3.08. The van der Waals surface area contributed by atoms with E-state index in [1.807, 2.05) is 30.3 Å². The topological polar surface area (TPSA) is 63.2 Å². The van der Waals surface area contributed by atoms with Crippen LogP contribution in [0, 0.1) is 5.92 Å². The first-order valence-corrected chi connectivity index (χ1v) is 10.1. The maximum absolute atomic E-state index is 12.2. The van der Waals surface area contributed by atoms with Crippen LogP contribution in [0.2, 0.25) is 0 Å². The lowest BCUT2D eigenvalue weighted by molar-refractivity contribution is -0.134. The van der Waals surface area contributed by atoms with Crippen molar-refractivity contribution in [1.82, 2.24) is 0 Å². The first kappa shape index (κ1) is 23.4. The summed E-state index contributed by atoms with van der Waals surface area (Å²) in [4.78, 5) is 12.2. The van der Waals surface area contributed by atoms with Crippen LogP contribution in [0.3, 0.4) is 0 Å². The van der Waals surface area contributed by atoms with Crippen LogP contribution in [0.15, 0.2) is 30.3 Å². The summed E-state index contributed by atoms with van der Waals surface area (Å²) in [5, 5.41) is 0. The van der Waals surface area contributed by atoms with E-state index in [0.29, 0.717) is 41.1 Å². The van der Waals surface area contributed by atoms with Crippen molar-refractivity contribution in [2.45, 2.75) is 39.5 Å². The van der Waals surface area contributed by atoms with Crippen molar-refractivity contribution in [1.29, 1.82) is 0 Å². The van der Waals surface area contributed by atoms with Gasteiger partial charge in [0, 0.05) is 6.42 Å². The van der Waals surface area contributed by atoms with Crippen LogP contribution in [0.25, 0.3) is 0 Å². The van der Waals surface area contributed by atoms with Crippen molar-refractivity contribution in [3.05, 3.63) is 41.5 Å². The number of aryl methyl sites for hydroxylation is 2. The Morgan fingerprint density at radius 1 is 0.767 bits per heavy atom. The van der Waals surface area contributed by atoms with E-state index in [-0.39, 0.29) is 5.97 Å².